The van der Waals surface area contributed by atoms with E-state index in [1.165, 1.54) is 17.1 Å². The normalized spacial score (nSPS) is 15.8. The fourth-order valence-electron chi connectivity index (χ4n) is 3.58. The number of thioether (sulfide) groups is 1. The molecular formula is C23H21N3OS. The molecule has 5 heteroatoms. The maximum atomic E-state index is 13.0. The van der Waals surface area contributed by atoms with Crippen molar-refractivity contribution in [2.75, 3.05) is 24.6 Å². The third kappa shape index (κ3) is 3.94. The summed E-state index contributed by atoms with van der Waals surface area (Å²) in [5, 5.41) is 11.6. The standard InChI is InChI=1S/C23H21N3OS/c24-15-21(22-20-4-2-1-3-18(20)9-10-25-22)23(27)19-7-5-17(6-8-19)16-26-11-13-28-14-12-26/h1-10,21H,11-14,16H2. The topological polar surface area (TPSA) is 57.0 Å². The molecule has 4 nitrogen and oxygen atoms in total. The van der Waals surface area contributed by atoms with E-state index < -0.39 is 5.92 Å². The van der Waals surface area contributed by atoms with Crippen molar-refractivity contribution >= 4 is 28.3 Å². The summed E-state index contributed by atoms with van der Waals surface area (Å²) >= 11 is 2.00. The Morgan fingerprint density at radius 3 is 2.61 bits per heavy atom. The zero-order valence-corrected chi connectivity index (χ0v) is 16.4. The number of aromatic nitrogens is 1. The molecule has 0 aliphatic carbocycles. The number of benzene rings is 2. The molecule has 4 rings (SSSR count). The number of hydrogen-bond donors (Lipinski definition) is 0. The highest BCUT2D eigenvalue weighted by atomic mass is 32.2. The zero-order valence-electron chi connectivity index (χ0n) is 15.5. The van der Waals surface area contributed by atoms with Crippen molar-refractivity contribution in [1.29, 1.82) is 5.26 Å². The number of carbonyl (C=O) groups is 1. The van der Waals surface area contributed by atoms with Crippen LogP contribution in [0.4, 0.5) is 0 Å². The maximum Gasteiger partial charge on any atom is 0.186 e. The van der Waals surface area contributed by atoms with E-state index in [0.717, 1.165) is 30.4 Å². The van der Waals surface area contributed by atoms with Crippen LogP contribution in [0.5, 0.6) is 0 Å². The van der Waals surface area contributed by atoms with E-state index in [0.29, 0.717) is 11.3 Å². The molecule has 2 heterocycles. The van der Waals surface area contributed by atoms with Crippen LogP contribution in [0, 0.1) is 11.3 Å². The summed E-state index contributed by atoms with van der Waals surface area (Å²) in [7, 11) is 0. The number of carbonyl (C=O) groups excluding carboxylic acids is 1. The lowest BCUT2D eigenvalue weighted by molar-refractivity contribution is 0.0978. The number of fused-ring (bicyclic) bond motifs is 1. The Labute approximate surface area is 169 Å². The summed E-state index contributed by atoms with van der Waals surface area (Å²) in [5.74, 6) is 1.25. The molecule has 1 atom stereocenters. The van der Waals surface area contributed by atoms with E-state index in [2.05, 4.69) is 16.0 Å². The van der Waals surface area contributed by atoms with E-state index in [4.69, 9.17) is 0 Å². The Hall–Kier alpha value is -2.68. The third-order valence-corrected chi connectivity index (χ3v) is 6.06. The monoisotopic (exact) mass is 387 g/mol. The number of rotatable bonds is 5. The van der Waals surface area contributed by atoms with Crippen molar-refractivity contribution in [2.45, 2.75) is 12.5 Å². The quantitative estimate of drug-likeness (QED) is 0.612. The smallest absolute Gasteiger partial charge is 0.186 e. The molecule has 0 radical (unpaired) electrons. The summed E-state index contributed by atoms with van der Waals surface area (Å²) in [4.78, 5) is 19.8. The highest BCUT2D eigenvalue weighted by molar-refractivity contribution is 7.99. The fraction of sp³-hybridized carbons (Fsp3) is 0.261. The fourth-order valence-corrected chi connectivity index (χ4v) is 4.55. The van der Waals surface area contributed by atoms with Gasteiger partial charge in [0.2, 0.25) is 0 Å². The van der Waals surface area contributed by atoms with Gasteiger partial charge in [-0.3, -0.25) is 14.7 Å². The summed E-state index contributed by atoms with van der Waals surface area (Å²) < 4.78 is 0. The van der Waals surface area contributed by atoms with Crippen LogP contribution in [-0.4, -0.2) is 40.3 Å². The van der Waals surface area contributed by atoms with E-state index in [-0.39, 0.29) is 5.78 Å². The number of ketones is 1. The van der Waals surface area contributed by atoms with E-state index in [1.54, 1.807) is 6.20 Å². The number of pyridine rings is 1. The van der Waals surface area contributed by atoms with Crippen LogP contribution in [0.25, 0.3) is 10.8 Å². The molecule has 140 valence electrons. The van der Waals surface area contributed by atoms with Crippen molar-refractivity contribution in [3.05, 3.63) is 77.6 Å². The predicted molar refractivity (Wildman–Crippen MR) is 113 cm³/mol. The van der Waals surface area contributed by atoms with Crippen LogP contribution in [0.2, 0.25) is 0 Å². The molecule has 1 fully saturated rings. The van der Waals surface area contributed by atoms with Gasteiger partial charge in [-0.15, -0.1) is 0 Å². The van der Waals surface area contributed by atoms with E-state index in [1.807, 2.05) is 66.4 Å². The first-order valence-electron chi connectivity index (χ1n) is 9.43. The zero-order chi connectivity index (χ0) is 19.3. The molecule has 1 unspecified atom stereocenters. The van der Waals surface area contributed by atoms with Gasteiger partial charge in [0.25, 0.3) is 0 Å². The van der Waals surface area contributed by atoms with Gasteiger partial charge in [-0.1, -0.05) is 48.5 Å². The van der Waals surface area contributed by atoms with E-state index in [9.17, 15) is 10.1 Å². The van der Waals surface area contributed by atoms with Crippen LogP contribution in [0.3, 0.4) is 0 Å². The number of nitrogens with zero attached hydrogens (tertiary/aromatic N) is 3. The molecule has 28 heavy (non-hydrogen) atoms. The van der Waals surface area contributed by atoms with Crippen molar-refractivity contribution in [3.8, 4) is 6.07 Å². The van der Waals surface area contributed by atoms with Crippen LogP contribution >= 0.6 is 11.8 Å². The van der Waals surface area contributed by atoms with Crippen LogP contribution in [0.1, 0.15) is 27.5 Å². The number of hydrogen-bond acceptors (Lipinski definition) is 5. The van der Waals surface area contributed by atoms with Crippen LogP contribution < -0.4 is 0 Å². The van der Waals surface area contributed by atoms with Crippen molar-refractivity contribution in [2.24, 2.45) is 0 Å². The number of Topliss-reactive ketones (excluding diaryl/α,β-unsaturated/α-hetero) is 1. The first-order chi connectivity index (χ1) is 13.8. The summed E-state index contributed by atoms with van der Waals surface area (Å²) in [6.45, 7) is 3.12. The van der Waals surface area contributed by atoms with Gasteiger partial charge in [-0.2, -0.15) is 17.0 Å². The molecule has 1 aromatic heterocycles. The van der Waals surface area contributed by atoms with Gasteiger partial charge < -0.3 is 0 Å². The minimum Gasteiger partial charge on any atom is -0.297 e. The lowest BCUT2D eigenvalue weighted by Gasteiger charge is -2.26. The Kier molecular flexibility index (Phi) is 5.70. The minimum atomic E-state index is -0.906. The van der Waals surface area contributed by atoms with Crippen molar-refractivity contribution in [3.63, 3.8) is 0 Å². The van der Waals surface area contributed by atoms with Gasteiger partial charge in [0.05, 0.1) is 11.8 Å². The Morgan fingerprint density at radius 2 is 1.86 bits per heavy atom. The molecule has 0 bridgehead atoms. The summed E-state index contributed by atoms with van der Waals surface area (Å²) in [6.07, 6.45) is 1.66. The van der Waals surface area contributed by atoms with Crippen molar-refractivity contribution < 1.29 is 4.79 Å². The highest BCUT2D eigenvalue weighted by Crippen LogP contribution is 2.26. The van der Waals surface area contributed by atoms with Gasteiger partial charge in [0.1, 0.15) is 0 Å². The first-order valence-corrected chi connectivity index (χ1v) is 10.6. The van der Waals surface area contributed by atoms with Crippen LogP contribution in [-0.2, 0) is 6.54 Å². The largest absolute Gasteiger partial charge is 0.297 e. The molecule has 0 amide bonds. The predicted octanol–water partition coefficient (Wildman–Crippen LogP) is 4.27. The van der Waals surface area contributed by atoms with Crippen molar-refractivity contribution in [1.82, 2.24) is 9.88 Å². The Balaban J connectivity index is 1.56. The second kappa shape index (κ2) is 8.55. The molecule has 0 saturated carbocycles. The van der Waals surface area contributed by atoms with E-state index >= 15 is 0 Å². The SMILES string of the molecule is N#CC(C(=O)c1ccc(CN2CCSCC2)cc1)c1nccc2ccccc12. The van der Waals surface area contributed by atoms with Gasteiger partial charge >= 0.3 is 0 Å². The molecule has 0 N–H and O–H groups in total. The van der Waals surface area contributed by atoms with Gasteiger partial charge in [0.15, 0.2) is 11.7 Å². The average molecular weight is 388 g/mol. The molecule has 3 aromatic rings. The molecule has 1 aliphatic heterocycles. The van der Waals surface area contributed by atoms with Gasteiger partial charge in [-0.25, -0.2) is 0 Å². The molecular weight excluding hydrogens is 366 g/mol. The van der Waals surface area contributed by atoms with Crippen LogP contribution in [0.15, 0.2) is 60.8 Å². The maximum absolute atomic E-state index is 13.0. The lowest BCUT2D eigenvalue weighted by Crippen LogP contribution is -2.31. The third-order valence-electron chi connectivity index (χ3n) is 5.12. The molecule has 0 spiro atoms. The minimum absolute atomic E-state index is 0.202. The molecule has 1 aliphatic rings. The molecule has 2 aromatic carbocycles. The molecule has 1 saturated heterocycles. The summed E-state index contributed by atoms with van der Waals surface area (Å²) in [5.41, 5.74) is 2.28. The average Bonchev–Trinajstić information content (AvgIpc) is 2.75. The second-order valence-corrected chi connectivity index (χ2v) is 8.15. The van der Waals surface area contributed by atoms with Gasteiger partial charge in [0, 0.05) is 48.3 Å². The lowest BCUT2D eigenvalue weighted by atomic mass is 9.92. The van der Waals surface area contributed by atoms with Gasteiger partial charge in [-0.05, 0) is 17.0 Å². The Morgan fingerprint density at radius 1 is 1.11 bits per heavy atom. The summed E-state index contributed by atoms with van der Waals surface area (Å²) in [6, 6.07) is 19.5. The number of nitriles is 1. The first kappa shape index (κ1) is 18.7. The highest BCUT2D eigenvalue weighted by Gasteiger charge is 2.25. The Bertz CT molecular complexity index is 1010. The second-order valence-electron chi connectivity index (χ2n) is 6.93.